The summed E-state index contributed by atoms with van der Waals surface area (Å²) in [5, 5.41) is 4.97. The number of carbonyl (C=O) groups excluding carboxylic acids is 2. The summed E-state index contributed by atoms with van der Waals surface area (Å²) in [7, 11) is 0. The third kappa shape index (κ3) is 6.59. The zero-order valence-corrected chi connectivity index (χ0v) is 16.3. The van der Waals surface area contributed by atoms with Gasteiger partial charge in [-0.3, -0.25) is 4.79 Å². The fourth-order valence-corrected chi connectivity index (χ4v) is 3.39. The van der Waals surface area contributed by atoms with Crippen LogP contribution < -0.4 is 11.1 Å². The molecule has 0 aliphatic heterocycles. The lowest BCUT2D eigenvalue weighted by Gasteiger charge is -2.22. The molecule has 0 aliphatic carbocycles. The minimum absolute atomic E-state index is 0.481. The number of fused-ring (bicyclic) bond motifs is 1. The molecule has 3 N–H and O–H groups in total. The van der Waals surface area contributed by atoms with Gasteiger partial charge in [-0.15, -0.1) is 11.8 Å². The number of thioether (sulfide) groups is 1. The smallest absolute Gasteiger partial charge is 0.408 e. The van der Waals surface area contributed by atoms with Crippen molar-refractivity contribution in [1.82, 2.24) is 5.32 Å². The molecule has 0 saturated heterocycles. The first kappa shape index (κ1) is 20.1. The average Bonchev–Trinajstić information content (AvgIpc) is 2.55. The monoisotopic (exact) mass is 374 g/mol. The van der Waals surface area contributed by atoms with E-state index in [0.717, 1.165) is 12.2 Å². The number of alkyl carbamates (subject to hydrolysis) is 1. The number of hydrogen-bond donors (Lipinski definition) is 2. The van der Waals surface area contributed by atoms with Gasteiger partial charge in [0.05, 0.1) is 0 Å². The van der Waals surface area contributed by atoms with E-state index >= 15 is 0 Å². The lowest BCUT2D eigenvalue weighted by Crippen LogP contribution is -2.46. The molecule has 0 aromatic heterocycles. The van der Waals surface area contributed by atoms with Crippen molar-refractivity contribution >= 4 is 34.5 Å². The van der Waals surface area contributed by atoms with Gasteiger partial charge in [-0.1, -0.05) is 30.3 Å². The van der Waals surface area contributed by atoms with Crippen molar-refractivity contribution in [3.63, 3.8) is 0 Å². The fraction of sp³-hybridized carbons (Fsp3) is 0.400. The number of nitrogens with one attached hydrogen (secondary N) is 1. The van der Waals surface area contributed by atoms with Crippen LogP contribution >= 0.6 is 11.8 Å². The molecule has 0 spiro atoms. The van der Waals surface area contributed by atoms with Gasteiger partial charge < -0.3 is 15.8 Å². The van der Waals surface area contributed by atoms with E-state index in [1.54, 1.807) is 32.5 Å². The Hall–Kier alpha value is -2.21. The van der Waals surface area contributed by atoms with E-state index in [0.29, 0.717) is 6.42 Å². The van der Waals surface area contributed by atoms with Crippen LogP contribution in [0.1, 0.15) is 33.6 Å². The molecule has 2 aromatic carbocycles. The van der Waals surface area contributed by atoms with E-state index in [1.165, 1.54) is 15.7 Å². The highest BCUT2D eigenvalue weighted by Crippen LogP contribution is 2.24. The van der Waals surface area contributed by atoms with Gasteiger partial charge in [0, 0.05) is 4.90 Å². The van der Waals surface area contributed by atoms with Crippen LogP contribution in [0, 0.1) is 0 Å². The molecular formula is C20H26N2O3S. The molecule has 2 rings (SSSR count). The maximum Gasteiger partial charge on any atom is 0.408 e. The highest BCUT2D eigenvalue weighted by atomic mass is 32.2. The third-order valence-corrected chi connectivity index (χ3v) is 4.74. The second kappa shape index (κ2) is 8.94. The zero-order chi connectivity index (χ0) is 19.2. The maximum atomic E-state index is 11.8. The van der Waals surface area contributed by atoms with Crippen LogP contribution in [0.25, 0.3) is 10.8 Å². The van der Waals surface area contributed by atoms with Gasteiger partial charge >= 0.3 is 6.09 Å². The average molecular weight is 375 g/mol. The predicted molar refractivity (Wildman–Crippen MR) is 106 cm³/mol. The summed E-state index contributed by atoms with van der Waals surface area (Å²) in [6, 6.07) is 13.9. The van der Waals surface area contributed by atoms with Gasteiger partial charge in [0.2, 0.25) is 5.91 Å². The number of rotatable bonds is 7. The van der Waals surface area contributed by atoms with Crippen molar-refractivity contribution in [1.29, 1.82) is 0 Å². The van der Waals surface area contributed by atoms with Gasteiger partial charge in [-0.2, -0.15) is 0 Å². The summed E-state index contributed by atoms with van der Waals surface area (Å²) in [6.07, 6.45) is 0.610. The fourth-order valence-electron chi connectivity index (χ4n) is 2.47. The van der Waals surface area contributed by atoms with Crippen LogP contribution in [0.15, 0.2) is 47.4 Å². The summed E-state index contributed by atoms with van der Waals surface area (Å²) in [5.41, 5.74) is 4.78. The van der Waals surface area contributed by atoms with Crippen molar-refractivity contribution in [2.24, 2.45) is 5.73 Å². The molecule has 0 heterocycles. The van der Waals surface area contributed by atoms with E-state index in [1.807, 2.05) is 12.1 Å². The molecule has 5 nitrogen and oxygen atoms in total. The molecule has 0 bridgehead atoms. The Morgan fingerprint density at radius 3 is 2.50 bits per heavy atom. The number of primary amides is 1. The topological polar surface area (TPSA) is 81.4 Å². The predicted octanol–water partition coefficient (Wildman–Crippen LogP) is 4.09. The van der Waals surface area contributed by atoms with E-state index < -0.39 is 23.6 Å². The quantitative estimate of drug-likeness (QED) is 0.565. The first-order valence-electron chi connectivity index (χ1n) is 8.65. The molecular weight excluding hydrogens is 348 g/mol. The highest BCUT2D eigenvalue weighted by Gasteiger charge is 2.22. The number of hydrogen-bond acceptors (Lipinski definition) is 4. The van der Waals surface area contributed by atoms with Crippen molar-refractivity contribution < 1.29 is 14.3 Å². The highest BCUT2D eigenvalue weighted by molar-refractivity contribution is 7.99. The lowest BCUT2D eigenvalue weighted by atomic mass is 10.1. The maximum absolute atomic E-state index is 11.8. The van der Waals surface area contributed by atoms with Crippen molar-refractivity contribution in [2.75, 3.05) is 5.75 Å². The molecule has 26 heavy (non-hydrogen) atoms. The summed E-state index contributed by atoms with van der Waals surface area (Å²) in [5.74, 6) is 0.282. The molecule has 2 amide bonds. The Morgan fingerprint density at radius 2 is 1.85 bits per heavy atom. The Kier molecular flexibility index (Phi) is 6.91. The molecule has 0 radical (unpaired) electrons. The van der Waals surface area contributed by atoms with Crippen molar-refractivity contribution in [3.8, 4) is 0 Å². The molecule has 0 saturated carbocycles. The molecule has 1 atom stereocenters. The standard InChI is InChI=1S/C20H26N2O3S/c1-20(2,3)25-19(24)22-17(18(21)23)9-6-12-26-16-11-10-14-7-4-5-8-15(14)13-16/h4-5,7-8,10-11,13,17H,6,9,12H2,1-3H3,(H2,21,23)(H,22,24)/t17-/m0/s1. The third-order valence-electron chi connectivity index (χ3n) is 3.66. The molecule has 0 fully saturated rings. The van der Waals surface area contributed by atoms with Crippen LogP contribution in [-0.2, 0) is 9.53 Å². The van der Waals surface area contributed by atoms with Crippen LogP contribution in [0.4, 0.5) is 4.79 Å². The Bertz CT molecular complexity index is 771. The van der Waals surface area contributed by atoms with Gasteiger partial charge in [0.1, 0.15) is 11.6 Å². The molecule has 6 heteroatoms. The lowest BCUT2D eigenvalue weighted by molar-refractivity contribution is -0.120. The largest absolute Gasteiger partial charge is 0.444 e. The van der Waals surface area contributed by atoms with Gasteiger partial charge in [-0.05, 0) is 62.3 Å². The Labute approximate surface area is 158 Å². The van der Waals surface area contributed by atoms with Gasteiger partial charge in [-0.25, -0.2) is 4.79 Å². The summed E-state index contributed by atoms with van der Waals surface area (Å²) in [4.78, 5) is 24.5. The SMILES string of the molecule is CC(C)(C)OC(=O)N[C@@H](CCCSc1ccc2ccccc2c1)C(N)=O. The Morgan fingerprint density at radius 1 is 1.15 bits per heavy atom. The number of carbonyl (C=O) groups is 2. The summed E-state index contributed by atoms with van der Waals surface area (Å²) in [6.45, 7) is 5.31. The van der Waals surface area contributed by atoms with E-state index in [-0.39, 0.29) is 0 Å². The van der Waals surface area contributed by atoms with Crippen LogP contribution in [0.5, 0.6) is 0 Å². The summed E-state index contributed by atoms with van der Waals surface area (Å²) < 4.78 is 5.17. The van der Waals surface area contributed by atoms with Crippen LogP contribution in [-0.4, -0.2) is 29.4 Å². The minimum atomic E-state index is -0.720. The second-order valence-corrected chi connectivity index (χ2v) is 8.27. The number of amides is 2. The van der Waals surface area contributed by atoms with Gasteiger partial charge in [0.15, 0.2) is 0 Å². The zero-order valence-electron chi connectivity index (χ0n) is 15.5. The van der Waals surface area contributed by atoms with Crippen LogP contribution in [0.2, 0.25) is 0 Å². The first-order valence-corrected chi connectivity index (χ1v) is 9.63. The Balaban J connectivity index is 1.81. The molecule has 0 aliphatic rings. The van der Waals surface area contributed by atoms with Crippen molar-refractivity contribution in [3.05, 3.63) is 42.5 Å². The second-order valence-electron chi connectivity index (χ2n) is 7.10. The van der Waals surface area contributed by atoms with Crippen LogP contribution in [0.3, 0.4) is 0 Å². The number of benzene rings is 2. The van der Waals surface area contributed by atoms with Crippen molar-refractivity contribution in [2.45, 2.75) is 50.2 Å². The van der Waals surface area contributed by atoms with E-state index in [9.17, 15) is 9.59 Å². The van der Waals surface area contributed by atoms with Gasteiger partial charge in [0.25, 0.3) is 0 Å². The normalized spacial score (nSPS) is 12.6. The van der Waals surface area contributed by atoms with E-state index in [2.05, 4.69) is 35.6 Å². The molecule has 0 unspecified atom stereocenters. The number of nitrogens with two attached hydrogens (primary N) is 1. The minimum Gasteiger partial charge on any atom is -0.444 e. The number of ether oxygens (including phenoxy) is 1. The summed E-state index contributed by atoms with van der Waals surface area (Å²) >= 11 is 1.72. The molecule has 2 aromatic rings. The molecule has 140 valence electrons. The first-order chi connectivity index (χ1) is 12.2. The van der Waals surface area contributed by atoms with E-state index in [4.69, 9.17) is 10.5 Å².